The van der Waals surface area contributed by atoms with Gasteiger partial charge in [0.2, 0.25) is 0 Å². The summed E-state index contributed by atoms with van der Waals surface area (Å²) in [6.45, 7) is 7.00. The molecule has 130 valence electrons. The summed E-state index contributed by atoms with van der Waals surface area (Å²) in [7, 11) is 0. The van der Waals surface area contributed by atoms with Gasteiger partial charge in [0.1, 0.15) is 18.5 Å². The van der Waals surface area contributed by atoms with Gasteiger partial charge >= 0.3 is 0 Å². The highest BCUT2D eigenvalue weighted by molar-refractivity contribution is 6.30. The lowest BCUT2D eigenvalue weighted by atomic mass is 10.1. The predicted octanol–water partition coefficient (Wildman–Crippen LogP) is 4.24. The van der Waals surface area contributed by atoms with Crippen LogP contribution in [0.3, 0.4) is 0 Å². The summed E-state index contributed by atoms with van der Waals surface area (Å²) in [5.41, 5.74) is 1.25. The van der Waals surface area contributed by atoms with Gasteiger partial charge in [-0.1, -0.05) is 55.8 Å². The van der Waals surface area contributed by atoms with Gasteiger partial charge in [-0.25, -0.2) is 0 Å². The van der Waals surface area contributed by atoms with E-state index < -0.39 is 6.10 Å². The molecule has 2 aromatic rings. The van der Waals surface area contributed by atoms with E-state index >= 15 is 0 Å². The van der Waals surface area contributed by atoms with Crippen LogP contribution < -0.4 is 4.74 Å². The van der Waals surface area contributed by atoms with Crippen LogP contribution in [0, 0.1) is 5.92 Å². The number of aliphatic hydroxyl groups is 1. The first-order chi connectivity index (χ1) is 11.5. The summed E-state index contributed by atoms with van der Waals surface area (Å²) in [4.78, 5) is 2.27. The number of benzene rings is 2. The highest BCUT2D eigenvalue weighted by atomic mass is 35.5. The van der Waals surface area contributed by atoms with E-state index in [9.17, 15) is 5.11 Å². The predicted molar refractivity (Wildman–Crippen MR) is 99.5 cm³/mol. The summed E-state index contributed by atoms with van der Waals surface area (Å²) < 4.78 is 5.64. The van der Waals surface area contributed by atoms with Crippen molar-refractivity contribution in [3.05, 3.63) is 65.2 Å². The lowest BCUT2D eigenvalue weighted by Crippen LogP contribution is -2.37. The van der Waals surface area contributed by atoms with Crippen molar-refractivity contribution >= 4 is 11.6 Å². The zero-order valence-corrected chi connectivity index (χ0v) is 15.1. The number of nitrogens with zero attached hydrogens (tertiary/aromatic N) is 1. The first kappa shape index (κ1) is 18.8. The summed E-state index contributed by atoms with van der Waals surface area (Å²) in [5, 5.41) is 11.0. The van der Waals surface area contributed by atoms with Crippen molar-refractivity contribution in [2.45, 2.75) is 26.5 Å². The van der Waals surface area contributed by atoms with Gasteiger partial charge in [0.05, 0.1) is 0 Å². The molecule has 0 amide bonds. The van der Waals surface area contributed by atoms with Crippen molar-refractivity contribution < 1.29 is 9.84 Å². The van der Waals surface area contributed by atoms with Gasteiger partial charge in [-0.2, -0.15) is 0 Å². The second-order valence-corrected chi connectivity index (χ2v) is 6.93. The molecule has 0 bridgehead atoms. The third-order valence-corrected chi connectivity index (χ3v) is 3.85. The first-order valence-corrected chi connectivity index (χ1v) is 8.73. The minimum Gasteiger partial charge on any atom is -0.491 e. The first-order valence-electron chi connectivity index (χ1n) is 8.35. The highest BCUT2D eigenvalue weighted by Crippen LogP contribution is 2.16. The summed E-state index contributed by atoms with van der Waals surface area (Å²) >= 11 is 5.86. The Bertz CT molecular complexity index is 586. The van der Waals surface area contributed by atoms with Crippen LogP contribution in [0.2, 0.25) is 5.02 Å². The van der Waals surface area contributed by atoms with Crippen LogP contribution >= 0.6 is 11.6 Å². The molecule has 0 fully saturated rings. The molecule has 0 aromatic heterocycles. The largest absolute Gasteiger partial charge is 0.491 e. The monoisotopic (exact) mass is 347 g/mol. The Balaban J connectivity index is 1.86. The van der Waals surface area contributed by atoms with E-state index in [0.717, 1.165) is 18.8 Å². The van der Waals surface area contributed by atoms with Gasteiger partial charge in [-0.05, 0) is 35.7 Å². The molecule has 4 heteroatoms. The Morgan fingerprint density at radius 2 is 1.67 bits per heavy atom. The molecule has 2 rings (SSSR count). The minimum absolute atomic E-state index is 0.269. The van der Waals surface area contributed by atoms with Crippen LogP contribution in [0.4, 0.5) is 0 Å². The number of hydrogen-bond acceptors (Lipinski definition) is 3. The fourth-order valence-electron chi connectivity index (χ4n) is 2.64. The summed E-state index contributed by atoms with van der Waals surface area (Å²) in [6.07, 6.45) is -0.539. The highest BCUT2D eigenvalue weighted by Gasteiger charge is 2.14. The van der Waals surface area contributed by atoms with E-state index in [0.29, 0.717) is 17.5 Å². The van der Waals surface area contributed by atoms with Crippen molar-refractivity contribution in [1.29, 1.82) is 0 Å². The molecule has 0 saturated carbocycles. The Hall–Kier alpha value is -1.55. The average Bonchev–Trinajstić information content (AvgIpc) is 2.54. The smallest absolute Gasteiger partial charge is 0.119 e. The van der Waals surface area contributed by atoms with E-state index in [1.54, 1.807) is 12.1 Å². The Morgan fingerprint density at radius 3 is 2.29 bits per heavy atom. The lowest BCUT2D eigenvalue weighted by molar-refractivity contribution is 0.0615. The Kier molecular flexibility index (Phi) is 7.57. The molecule has 1 N–H and O–H groups in total. The van der Waals surface area contributed by atoms with Crippen LogP contribution in [0.5, 0.6) is 5.75 Å². The van der Waals surface area contributed by atoms with Crippen molar-refractivity contribution in [3.63, 3.8) is 0 Å². The van der Waals surface area contributed by atoms with E-state index in [1.165, 1.54) is 5.56 Å². The van der Waals surface area contributed by atoms with Gasteiger partial charge in [0.15, 0.2) is 0 Å². The van der Waals surface area contributed by atoms with Crippen LogP contribution in [0.15, 0.2) is 54.6 Å². The number of ether oxygens (including phenoxy) is 1. The van der Waals surface area contributed by atoms with E-state index in [4.69, 9.17) is 16.3 Å². The molecule has 0 radical (unpaired) electrons. The van der Waals surface area contributed by atoms with Gasteiger partial charge in [-0.3, -0.25) is 4.90 Å². The normalized spacial score (nSPS) is 12.6. The zero-order valence-electron chi connectivity index (χ0n) is 14.4. The average molecular weight is 348 g/mol. The van der Waals surface area contributed by atoms with Crippen LogP contribution in [-0.4, -0.2) is 35.8 Å². The molecule has 0 aliphatic rings. The van der Waals surface area contributed by atoms with Crippen molar-refractivity contribution in [1.82, 2.24) is 4.90 Å². The molecule has 2 aromatic carbocycles. The maximum absolute atomic E-state index is 10.3. The second-order valence-electron chi connectivity index (χ2n) is 6.49. The number of aliphatic hydroxyl groups excluding tert-OH is 1. The number of hydrogen-bond donors (Lipinski definition) is 1. The number of rotatable bonds is 9. The Labute approximate surface area is 149 Å². The van der Waals surface area contributed by atoms with Crippen molar-refractivity contribution in [3.8, 4) is 5.75 Å². The minimum atomic E-state index is -0.539. The molecular formula is C20H26ClNO2. The molecule has 0 heterocycles. The van der Waals surface area contributed by atoms with E-state index in [1.807, 2.05) is 30.3 Å². The molecule has 24 heavy (non-hydrogen) atoms. The molecule has 1 unspecified atom stereocenters. The molecule has 0 spiro atoms. The second kappa shape index (κ2) is 9.67. The van der Waals surface area contributed by atoms with Crippen LogP contribution in [-0.2, 0) is 6.54 Å². The molecule has 0 aliphatic heterocycles. The Morgan fingerprint density at radius 1 is 1.00 bits per heavy atom. The number of halogens is 1. The lowest BCUT2D eigenvalue weighted by Gasteiger charge is -2.27. The maximum atomic E-state index is 10.3. The summed E-state index contributed by atoms with van der Waals surface area (Å²) in [5.74, 6) is 1.26. The molecule has 0 saturated heterocycles. The SMILES string of the molecule is CC(C)CN(Cc1ccccc1)CC(O)COc1ccc(Cl)cc1. The van der Waals surface area contributed by atoms with Crippen LogP contribution in [0.25, 0.3) is 0 Å². The third kappa shape index (κ3) is 6.91. The van der Waals surface area contributed by atoms with Gasteiger partial charge in [-0.15, -0.1) is 0 Å². The topological polar surface area (TPSA) is 32.7 Å². The molecule has 0 aliphatic carbocycles. The zero-order chi connectivity index (χ0) is 17.4. The van der Waals surface area contributed by atoms with Gasteiger partial charge in [0, 0.05) is 24.7 Å². The third-order valence-electron chi connectivity index (χ3n) is 3.60. The van der Waals surface area contributed by atoms with Gasteiger partial charge < -0.3 is 9.84 Å². The van der Waals surface area contributed by atoms with Crippen LogP contribution in [0.1, 0.15) is 19.4 Å². The molecule has 3 nitrogen and oxygen atoms in total. The maximum Gasteiger partial charge on any atom is 0.119 e. The van der Waals surface area contributed by atoms with Gasteiger partial charge in [0.25, 0.3) is 0 Å². The fourth-order valence-corrected chi connectivity index (χ4v) is 2.76. The molecule has 1 atom stereocenters. The van der Waals surface area contributed by atoms with E-state index in [2.05, 4.69) is 30.9 Å². The van der Waals surface area contributed by atoms with Crippen molar-refractivity contribution in [2.24, 2.45) is 5.92 Å². The van der Waals surface area contributed by atoms with E-state index in [-0.39, 0.29) is 6.61 Å². The molecular weight excluding hydrogens is 322 g/mol. The quantitative estimate of drug-likeness (QED) is 0.736. The van der Waals surface area contributed by atoms with Crippen molar-refractivity contribution in [2.75, 3.05) is 19.7 Å². The standard InChI is InChI=1S/C20H26ClNO2/c1-16(2)12-22(13-17-6-4-3-5-7-17)14-19(23)15-24-20-10-8-18(21)9-11-20/h3-11,16,19,23H,12-15H2,1-2H3. The fraction of sp³-hybridized carbons (Fsp3) is 0.400. The summed E-state index contributed by atoms with van der Waals surface area (Å²) in [6, 6.07) is 17.5.